The minimum Gasteiger partial charge on any atom is -0.494 e. The average Bonchev–Trinajstić information content (AvgIpc) is 3.54. The van der Waals surface area contributed by atoms with E-state index in [1.54, 1.807) is 25.7 Å². The number of hydrogen-bond acceptors (Lipinski definition) is 5. The fraction of sp³-hybridized carbons (Fsp3) is 0.185. The largest absolute Gasteiger partial charge is 0.494 e. The molecule has 1 fully saturated rings. The van der Waals surface area contributed by atoms with Crippen LogP contribution in [-0.4, -0.2) is 32.7 Å². The van der Waals surface area contributed by atoms with Gasteiger partial charge in [0.2, 0.25) is 5.91 Å². The standard InChI is InChI=1S/C27H26N6O2S/c1-3-24(34)30-20-10-9-19(17-23(20)35-2)33-26(25(31-27(33)36)21-7-4-5-13-29-21)22-8-6-16-32(22)18-11-14-28-15-12-18/h4-17,25-26H,3H2,1-2H3,(H,30,34)(H,31,36)/t25-,26-/m0/s1. The lowest BCUT2D eigenvalue weighted by Gasteiger charge is -2.29. The van der Waals surface area contributed by atoms with Gasteiger partial charge in [-0.25, -0.2) is 0 Å². The number of amides is 1. The number of hydrogen-bond donors (Lipinski definition) is 2. The van der Waals surface area contributed by atoms with Crippen molar-refractivity contribution < 1.29 is 9.53 Å². The Bertz CT molecular complexity index is 1380. The number of nitrogens with one attached hydrogen (secondary N) is 2. The van der Waals surface area contributed by atoms with Gasteiger partial charge in [0.05, 0.1) is 24.5 Å². The fourth-order valence-electron chi connectivity index (χ4n) is 4.48. The summed E-state index contributed by atoms with van der Waals surface area (Å²) in [5, 5.41) is 6.96. The molecule has 182 valence electrons. The molecule has 0 radical (unpaired) electrons. The second-order valence-corrected chi connectivity index (χ2v) is 8.68. The summed E-state index contributed by atoms with van der Waals surface area (Å²) in [5.74, 6) is 0.476. The maximum atomic E-state index is 12.0. The molecule has 0 unspecified atom stereocenters. The summed E-state index contributed by atoms with van der Waals surface area (Å²) in [6.45, 7) is 1.81. The number of anilines is 2. The smallest absolute Gasteiger partial charge is 0.224 e. The molecule has 2 N–H and O–H groups in total. The Kier molecular flexibility index (Phi) is 6.64. The Morgan fingerprint density at radius 3 is 2.64 bits per heavy atom. The Labute approximate surface area is 215 Å². The highest BCUT2D eigenvalue weighted by Crippen LogP contribution is 2.43. The van der Waals surface area contributed by atoms with E-state index in [1.165, 1.54) is 0 Å². The molecule has 4 aromatic rings. The highest BCUT2D eigenvalue weighted by Gasteiger charge is 2.42. The number of carbonyl (C=O) groups is 1. The van der Waals surface area contributed by atoms with Crippen LogP contribution in [0.1, 0.15) is 36.8 Å². The second-order valence-electron chi connectivity index (χ2n) is 8.29. The number of carbonyl (C=O) groups excluding carboxylic acids is 1. The molecular weight excluding hydrogens is 472 g/mol. The van der Waals surface area contributed by atoms with E-state index in [-0.39, 0.29) is 18.0 Å². The number of pyridine rings is 2. The summed E-state index contributed by atoms with van der Waals surface area (Å²) in [6, 6.07) is 19.2. The molecule has 0 bridgehead atoms. The van der Waals surface area contributed by atoms with E-state index < -0.39 is 0 Å². The van der Waals surface area contributed by atoms with E-state index >= 15 is 0 Å². The predicted octanol–water partition coefficient (Wildman–Crippen LogP) is 4.80. The van der Waals surface area contributed by atoms with Crippen molar-refractivity contribution in [3.63, 3.8) is 0 Å². The van der Waals surface area contributed by atoms with Gasteiger partial charge in [-0.3, -0.25) is 14.8 Å². The first-order valence-electron chi connectivity index (χ1n) is 11.7. The Balaban J connectivity index is 1.62. The van der Waals surface area contributed by atoms with Crippen molar-refractivity contribution in [3.05, 3.63) is 96.8 Å². The van der Waals surface area contributed by atoms with Crippen molar-refractivity contribution in [2.24, 2.45) is 0 Å². The Hall–Kier alpha value is -4.24. The van der Waals surface area contributed by atoms with Gasteiger partial charge in [0.25, 0.3) is 0 Å². The van der Waals surface area contributed by atoms with Crippen LogP contribution in [0.2, 0.25) is 0 Å². The van der Waals surface area contributed by atoms with Crippen molar-refractivity contribution in [3.8, 4) is 11.4 Å². The zero-order valence-corrected chi connectivity index (χ0v) is 20.8. The SMILES string of the molecule is CCC(=O)Nc1ccc(N2C(=S)N[C@@H](c3ccccn3)[C@@H]2c2cccn2-c2ccncc2)cc1OC. The van der Waals surface area contributed by atoms with Gasteiger partial charge in [0.15, 0.2) is 5.11 Å². The zero-order chi connectivity index (χ0) is 25.1. The highest BCUT2D eigenvalue weighted by atomic mass is 32.1. The summed E-state index contributed by atoms with van der Waals surface area (Å²) in [6.07, 6.45) is 7.75. The van der Waals surface area contributed by atoms with Crippen LogP contribution >= 0.6 is 12.2 Å². The van der Waals surface area contributed by atoms with Crippen LogP contribution in [0, 0.1) is 0 Å². The molecule has 3 aromatic heterocycles. The topological polar surface area (TPSA) is 84.3 Å². The molecule has 1 aliphatic heterocycles. The molecule has 8 nitrogen and oxygen atoms in total. The van der Waals surface area contributed by atoms with Crippen molar-refractivity contribution in [2.45, 2.75) is 25.4 Å². The third-order valence-electron chi connectivity index (χ3n) is 6.18. The van der Waals surface area contributed by atoms with Gasteiger partial charge in [-0.15, -0.1) is 0 Å². The van der Waals surface area contributed by atoms with Gasteiger partial charge < -0.3 is 24.8 Å². The lowest BCUT2D eigenvalue weighted by Crippen LogP contribution is -2.30. The summed E-state index contributed by atoms with van der Waals surface area (Å²) < 4.78 is 7.76. The fourth-order valence-corrected chi connectivity index (χ4v) is 4.83. The number of ether oxygens (including phenoxy) is 1. The molecule has 1 saturated heterocycles. The van der Waals surface area contributed by atoms with E-state index in [4.69, 9.17) is 17.0 Å². The van der Waals surface area contributed by atoms with Gasteiger partial charge in [-0.05, 0) is 60.7 Å². The Morgan fingerprint density at radius 2 is 1.92 bits per heavy atom. The third-order valence-corrected chi connectivity index (χ3v) is 6.50. The molecule has 0 saturated carbocycles. The van der Waals surface area contributed by atoms with Gasteiger partial charge in [-0.2, -0.15) is 0 Å². The summed E-state index contributed by atoms with van der Waals surface area (Å²) in [7, 11) is 1.59. The van der Waals surface area contributed by atoms with Gasteiger partial charge in [0.1, 0.15) is 11.8 Å². The molecule has 1 amide bonds. The van der Waals surface area contributed by atoms with Gasteiger partial charge in [0, 0.05) is 54.3 Å². The maximum Gasteiger partial charge on any atom is 0.224 e. The van der Waals surface area contributed by atoms with E-state index in [1.807, 2.05) is 67.7 Å². The van der Waals surface area contributed by atoms with Gasteiger partial charge >= 0.3 is 0 Å². The molecule has 4 heterocycles. The number of aromatic nitrogens is 3. The van der Waals surface area contributed by atoms with Crippen LogP contribution < -0.4 is 20.3 Å². The highest BCUT2D eigenvalue weighted by molar-refractivity contribution is 7.80. The number of benzene rings is 1. The predicted molar refractivity (Wildman–Crippen MR) is 143 cm³/mol. The van der Waals surface area contributed by atoms with Crippen LogP contribution in [0.3, 0.4) is 0 Å². The molecule has 1 aromatic carbocycles. The summed E-state index contributed by atoms with van der Waals surface area (Å²) in [5.41, 5.74) is 4.37. The first-order valence-corrected chi connectivity index (χ1v) is 12.1. The van der Waals surface area contributed by atoms with E-state index in [2.05, 4.69) is 36.1 Å². The molecular formula is C27H26N6O2S. The molecule has 5 rings (SSSR count). The molecule has 1 aliphatic rings. The number of rotatable bonds is 7. The monoisotopic (exact) mass is 498 g/mol. The quantitative estimate of drug-likeness (QED) is 0.354. The molecule has 9 heteroatoms. The first kappa shape index (κ1) is 23.5. The summed E-state index contributed by atoms with van der Waals surface area (Å²) in [4.78, 5) is 22.9. The van der Waals surface area contributed by atoms with E-state index in [0.717, 1.165) is 22.8 Å². The van der Waals surface area contributed by atoms with Crippen LogP contribution in [0.25, 0.3) is 5.69 Å². The molecule has 2 atom stereocenters. The number of thiocarbonyl (C=S) groups is 1. The van der Waals surface area contributed by atoms with Crippen molar-refractivity contribution >= 4 is 34.6 Å². The minimum atomic E-state index is -0.212. The number of nitrogens with zero attached hydrogens (tertiary/aromatic N) is 4. The van der Waals surface area contributed by atoms with Crippen LogP contribution in [0.4, 0.5) is 11.4 Å². The van der Waals surface area contributed by atoms with Crippen molar-refractivity contribution in [1.82, 2.24) is 19.9 Å². The van der Waals surface area contributed by atoms with Crippen molar-refractivity contribution in [2.75, 3.05) is 17.3 Å². The van der Waals surface area contributed by atoms with Crippen molar-refractivity contribution in [1.29, 1.82) is 0 Å². The average molecular weight is 499 g/mol. The van der Waals surface area contributed by atoms with Crippen LogP contribution in [0.5, 0.6) is 5.75 Å². The molecule has 36 heavy (non-hydrogen) atoms. The van der Waals surface area contributed by atoms with Crippen LogP contribution in [-0.2, 0) is 4.79 Å². The van der Waals surface area contributed by atoms with E-state index in [0.29, 0.717) is 23.0 Å². The Morgan fingerprint density at radius 1 is 1.08 bits per heavy atom. The zero-order valence-electron chi connectivity index (χ0n) is 20.0. The first-order chi connectivity index (χ1) is 17.6. The van der Waals surface area contributed by atoms with E-state index in [9.17, 15) is 4.79 Å². The maximum absolute atomic E-state index is 12.0. The minimum absolute atomic E-state index is 0.0809. The molecule has 0 spiro atoms. The van der Waals surface area contributed by atoms with Gasteiger partial charge in [-0.1, -0.05) is 13.0 Å². The normalized spacial score (nSPS) is 17.1. The second kappa shape index (κ2) is 10.2. The summed E-state index contributed by atoms with van der Waals surface area (Å²) >= 11 is 5.87. The van der Waals surface area contributed by atoms with Crippen LogP contribution in [0.15, 0.2) is 85.5 Å². The lowest BCUT2D eigenvalue weighted by atomic mass is 10.0. The third kappa shape index (κ3) is 4.40. The lowest BCUT2D eigenvalue weighted by molar-refractivity contribution is -0.115. The number of methoxy groups -OCH3 is 1. The molecule has 0 aliphatic carbocycles.